The fraction of sp³-hybridized carbons (Fsp3) is 0.412. The molecule has 3 rings (SSSR count). The molecule has 0 amide bonds. The molecule has 0 spiro atoms. The van der Waals surface area contributed by atoms with Crippen LogP contribution >= 0.6 is 27.3 Å². The van der Waals surface area contributed by atoms with E-state index in [9.17, 15) is 0 Å². The van der Waals surface area contributed by atoms with Gasteiger partial charge in [0.05, 0.1) is 3.79 Å². The Hall–Kier alpha value is -0.640. The molecule has 0 saturated heterocycles. The Bertz CT molecular complexity index is 574. The Balaban J connectivity index is 1.77. The zero-order valence-electron chi connectivity index (χ0n) is 11.7. The first-order chi connectivity index (χ1) is 9.72. The summed E-state index contributed by atoms with van der Waals surface area (Å²) >= 11 is 5.42. The maximum Gasteiger partial charge on any atom is 0.0701 e. The molecular formula is C17H20BrNS. The summed E-state index contributed by atoms with van der Waals surface area (Å²) in [4.78, 5) is 1.46. The molecule has 1 aliphatic carbocycles. The monoisotopic (exact) mass is 349 g/mol. The van der Waals surface area contributed by atoms with Gasteiger partial charge in [0.15, 0.2) is 0 Å². The standard InChI is InChI=1S/C17H20BrNS/c1-12-4-2-3-5-16(12)13(11-19-14-6-7-14)10-15-8-9-17(18)20-15/h2-5,8-9,13-14,19H,6-7,10-11H2,1H3. The van der Waals surface area contributed by atoms with Gasteiger partial charge in [0, 0.05) is 23.4 Å². The Morgan fingerprint density at radius 3 is 2.70 bits per heavy atom. The molecular weight excluding hydrogens is 330 g/mol. The number of thiophene rings is 1. The van der Waals surface area contributed by atoms with Crippen molar-refractivity contribution in [1.29, 1.82) is 0 Å². The first kappa shape index (κ1) is 14.3. The summed E-state index contributed by atoms with van der Waals surface area (Å²) in [6.07, 6.45) is 3.83. The van der Waals surface area contributed by atoms with Gasteiger partial charge in [-0.05, 0) is 65.4 Å². The van der Waals surface area contributed by atoms with Crippen LogP contribution in [0.3, 0.4) is 0 Å². The first-order valence-corrected chi connectivity index (χ1v) is 8.86. The third-order valence-corrected chi connectivity index (χ3v) is 5.58. The van der Waals surface area contributed by atoms with Gasteiger partial charge in [-0.3, -0.25) is 0 Å². The maximum atomic E-state index is 3.70. The highest BCUT2D eigenvalue weighted by Gasteiger charge is 2.23. The number of hydrogen-bond donors (Lipinski definition) is 1. The second-order valence-electron chi connectivity index (χ2n) is 5.65. The van der Waals surface area contributed by atoms with Crippen molar-refractivity contribution >= 4 is 27.3 Å². The van der Waals surface area contributed by atoms with E-state index in [0.717, 1.165) is 19.0 Å². The molecule has 0 bridgehead atoms. The summed E-state index contributed by atoms with van der Waals surface area (Å²) in [5, 5.41) is 3.70. The summed E-state index contributed by atoms with van der Waals surface area (Å²) in [5.41, 5.74) is 2.90. The molecule has 1 heterocycles. The van der Waals surface area contributed by atoms with Gasteiger partial charge in [-0.25, -0.2) is 0 Å². The van der Waals surface area contributed by atoms with Crippen molar-refractivity contribution in [3.63, 3.8) is 0 Å². The molecule has 1 atom stereocenters. The molecule has 1 aromatic carbocycles. The number of halogens is 1. The molecule has 1 N–H and O–H groups in total. The van der Waals surface area contributed by atoms with Crippen LogP contribution in [0.2, 0.25) is 0 Å². The average Bonchev–Trinajstić information content (AvgIpc) is 3.18. The quantitative estimate of drug-likeness (QED) is 0.782. The highest BCUT2D eigenvalue weighted by Crippen LogP contribution is 2.30. The van der Waals surface area contributed by atoms with Crippen LogP contribution in [0.15, 0.2) is 40.2 Å². The lowest BCUT2D eigenvalue weighted by Crippen LogP contribution is -2.25. The molecule has 0 radical (unpaired) electrons. The van der Waals surface area contributed by atoms with E-state index in [1.165, 1.54) is 32.6 Å². The van der Waals surface area contributed by atoms with Crippen LogP contribution in [-0.4, -0.2) is 12.6 Å². The van der Waals surface area contributed by atoms with Crippen LogP contribution in [0.4, 0.5) is 0 Å². The minimum Gasteiger partial charge on any atom is -0.313 e. The van der Waals surface area contributed by atoms with Gasteiger partial charge in [0.25, 0.3) is 0 Å². The maximum absolute atomic E-state index is 3.70. The summed E-state index contributed by atoms with van der Waals surface area (Å²) in [5.74, 6) is 0.572. The van der Waals surface area contributed by atoms with Gasteiger partial charge in [-0.15, -0.1) is 11.3 Å². The predicted octanol–water partition coefficient (Wildman–Crippen LogP) is 4.90. The van der Waals surface area contributed by atoms with E-state index in [2.05, 4.69) is 64.6 Å². The van der Waals surface area contributed by atoms with E-state index in [0.29, 0.717) is 5.92 Å². The topological polar surface area (TPSA) is 12.0 Å². The lowest BCUT2D eigenvalue weighted by Gasteiger charge is -2.19. The minimum atomic E-state index is 0.572. The van der Waals surface area contributed by atoms with Crippen molar-refractivity contribution in [3.05, 3.63) is 56.2 Å². The summed E-state index contributed by atoms with van der Waals surface area (Å²) < 4.78 is 1.23. The molecule has 20 heavy (non-hydrogen) atoms. The molecule has 1 aromatic heterocycles. The van der Waals surface area contributed by atoms with Gasteiger partial charge in [0.1, 0.15) is 0 Å². The van der Waals surface area contributed by atoms with Crippen molar-refractivity contribution in [2.24, 2.45) is 0 Å². The Labute approximate surface area is 133 Å². The molecule has 3 heteroatoms. The van der Waals surface area contributed by atoms with Crippen LogP contribution < -0.4 is 5.32 Å². The number of benzene rings is 1. The van der Waals surface area contributed by atoms with E-state index in [-0.39, 0.29) is 0 Å². The molecule has 1 aliphatic rings. The first-order valence-electron chi connectivity index (χ1n) is 7.25. The Morgan fingerprint density at radius 2 is 2.05 bits per heavy atom. The third kappa shape index (κ3) is 3.72. The van der Waals surface area contributed by atoms with Crippen LogP contribution in [0.1, 0.15) is 34.8 Å². The van der Waals surface area contributed by atoms with E-state index >= 15 is 0 Å². The third-order valence-electron chi connectivity index (χ3n) is 3.94. The van der Waals surface area contributed by atoms with E-state index in [4.69, 9.17) is 0 Å². The van der Waals surface area contributed by atoms with Crippen LogP contribution in [-0.2, 0) is 6.42 Å². The smallest absolute Gasteiger partial charge is 0.0701 e. The molecule has 2 aromatic rings. The van der Waals surface area contributed by atoms with Gasteiger partial charge in [-0.2, -0.15) is 0 Å². The lowest BCUT2D eigenvalue weighted by molar-refractivity contribution is 0.578. The lowest BCUT2D eigenvalue weighted by atomic mass is 9.91. The van der Waals surface area contributed by atoms with Crippen LogP contribution in [0.25, 0.3) is 0 Å². The van der Waals surface area contributed by atoms with Crippen molar-refractivity contribution in [1.82, 2.24) is 5.32 Å². The Morgan fingerprint density at radius 1 is 1.25 bits per heavy atom. The van der Waals surface area contributed by atoms with Gasteiger partial charge in [-0.1, -0.05) is 24.3 Å². The minimum absolute atomic E-state index is 0.572. The molecule has 106 valence electrons. The van der Waals surface area contributed by atoms with E-state index in [1.54, 1.807) is 0 Å². The predicted molar refractivity (Wildman–Crippen MR) is 90.7 cm³/mol. The van der Waals surface area contributed by atoms with E-state index in [1.807, 2.05) is 11.3 Å². The van der Waals surface area contributed by atoms with Crippen molar-refractivity contribution < 1.29 is 0 Å². The molecule has 1 unspecified atom stereocenters. The molecule has 1 fully saturated rings. The molecule has 1 saturated carbocycles. The van der Waals surface area contributed by atoms with Gasteiger partial charge < -0.3 is 5.32 Å². The summed E-state index contributed by atoms with van der Waals surface area (Å²) in [7, 11) is 0. The number of aryl methyl sites for hydroxylation is 1. The average molecular weight is 350 g/mol. The van der Waals surface area contributed by atoms with Gasteiger partial charge >= 0.3 is 0 Å². The highest BCUT2D eigenvalue weighted by atomic mass is 79.9. The zero-order chi connectivity index (χ0) is 13.9. The fourth-order valence-corrected chi connectivity index (χ4v) is 4.20. The molecule has 1 nitrogen and oxygen atoms in total. The second-order valence-corrected chi connectivity index (χ2v) is 8.19. The summed E-state index contributed by atoms with van der Waals surface area (Å²) in [6, 6.07) is 14.0. The van der Waals surface area contributed by atoms with Crippen molar-refractivity contribution in [2.75, 3.05) is 6.54 Å². The van der Waals surface area contributed by atoms with Crippen molar-refractivity contribution in [2.45, 2.75) is 38.1 Å². The number of hydrogen-bond acceptors (Lipinski definition) is 2. The van der Waals surface area contributed by atoms with Gasteiger partial charge in [0.2, 0.25) is 0 Å². The highest BCUT2D eigenvalue weighted by molar-refractivity contribution is 9.11. The largest absolute Gasteiger partial charge is 0.313 e. The normalized spacial score (nSPS) is 16.3. The number of rotatable bonds is 6. The SMILES string of the molecule is Cc1ccccc1C(CNC1CC1)Cc1ccc(Br)s1. The van der Waals surface area contributed by atoms with Crippen LogP contribution in [0.5, 0.6) is 0 Å². The Kier molecular flexibility index (Phi) is 4.59. The van der Waals surface area contributed by atoms with E-state index < -0.39 is 0 Å². The van der Waals surface area contributed by atoms with Crippen LogP contribution in [0, 0.1) is 6.92 Å². The second kappa shape index (κ2) is 6.42. The summed E-state index contributed by atoms with van der Waals surface area (Å²) in [6.45, 7) is 3.31. The van der Waals surface area contributed by atoms with Crippen molar-refractivity contribution in [3.8, 4) is 0 Å². The molecule has 0 aliphatic heterocycles. The fourth-order valence-electron chi connectivity index (χ4n) is 2.64. The zero-order valence-corrected chi connectivity index (χ0v) is 14.1. The number of nitrogens with one attached hydrogen (secondary N) is 1.